The second kappa shape index (κ2) is 40.5. The number of esters is 5. The maximum Gasteiger partial charge on any atom is 0.305 e. The molecule has 0 aromatic rings. The fourth-order valence-electron chi connectivity index (χ4n) is 5.63. The fraction of sp³-hybridized carbons (Fsp3) is 0.881. The maximum atomic E-state index is 11.9. The molecule has 11 heteroatoms. The number of hydrogen-bond acceptors (Lipinski definition) is 11. The highest BCUT2D eigenvalue weighted by molar-refractivity contribution is 5.70. The van der Waals surface area contributed by atoms with E-state index >= 15 is 0 Å². The van der Waals surface area contributed by atoms with Crippen molar-refractivity contribution in [1.29, 1.82) is 0 Å². The van der Waals surface area contributed by atoms with Crippen LogP contribution >= 0.6 is 0 Å². The lowest BCUT2D eigenvalue weighted by atomic mass is 10.1. The Balaban J connectivity index is 3.43. The Hall–Kier alpha value is -2.69. The molecule has 0 rings (SSSR count). The second-order valence-corrected chi connectivity index (χ2v) is 14.1. The topological polar surface area (TPSA) is 152 Å². The zero-order chi connectivity index (χ0) is 38.9. The average Bonchev–Trinajstić information content (AvgIpc) is 3.14. The number of aliphatic hydroxyl groups is 1. The van der Waals surface area contributed by atoms with Crippen LogP contribution in [0.25, 0.3) is 0 Å². The molecule has 0 unspecified atom stereocenters. The number of ether oxygens (including phenoxy) is 5. The third-order valence-corrected chi connectivity index (χ3v) is 8.95. The van der Waals surface area contributed by atoms with E-state index in [-0.39, 0.29) is 36.5 Å². The van der Waals surface area contributed by atoms with E-state index in [1.54, 1.807) is 0 Å². The van der Waals surface area contributed by atoms with Crippen molar-refractivity contribution in [2.75, 3.05) is 39.6 Å². The van der Waals surface area contributed by atoms with Crippen LogP contribution in [-0.2, 0) is 47.7 Å². The van der Waals surface area contributed by atoms with Gasteiger partial charge in [0.2, 0.25) is 0 Å². The van der Waals surface area contributed by atoms with Gasteiger partial charge in [0.15, 0.2) is 0 Å². The number of carbonyl (C=O) groups is 5. The molecule has 0 aliphatic rings. The minimum absolute atomic E-state index is 0.139. The van der Waals surface area contributed by atoms with E-state index < -0.39 is 0 Å². The Morgan fingerprint density at radius 2 is 0.509 bits per heavy atom. The number of rotatable bonds is 40. The zero-order valence-electron chi connectivity index (χ0n) is 33.5. The van der Waals surface area contributed by atoms with Crippen LogP contribution in [-0.4, -0.2) is 74.6 Å². The Kier molecular flexibility index (Phi) is 38.4. The molecule has 0 atom stereocenters. The second-order valence-electron chi connectivity index (χ2n) is 14.1. The summed E-state index contributed by atoms with van der Waals surface area (Å²) in [5, 5.41) is 8.73. The van der Waals surface area contributed by atoms with Crippen molar-refractivity contribution in [1.82, 2.24) is 0 Å². The van der Waals surface area contributed by atoms with Crippen LogP contribution in [0.15, 0.2) is 0 Å². The molecule has 0 aromatic carbocycles. The first-order chi connectivity index (χ1) is 25.9. The normalized spacial score (nSPS) is 10.9. The van der Waals surface area contributed by atoms with Gasteiger partial charge in [-0.1, -0.05) is 71.1 Å². The molecule has 0 spiro atoms. The van der Waals surface area contributed by atoms with Gasteiger partial charge < -0.3 is 28.8 Å². The molecule has 0 heterocycles. The van der Waals surface area contributed by atoms with Gasteiger partial charge in [0.25, 0.3) is 0 Å². The maximum absolute atomic E-state index is 11.9. The van der Waals surface area contributed by atoms with Crippen molar-refractivity contribution >= 4 is 29.8 Å². The van der Waals surface area contributed by atoms with E-state index in [9.17, 15) is 24.0 Å². The first-order valence-corrected chi connectivity index (χ1v) is 21.3. The van der Waals surface area contributed by atoms with Gasteiger partial charge in [-0.2, -0.15) is 0 Å². The summed E-state index contributed by atoms with van der Waals surface area (Å²) in [4.78, 5) is 59.2. The molecule has 0 aromatic heterocycles. The van der Waals surface area contributed by atoms with Crippen molar-refractivity contribution in [3.8, 4) is 0 Å². The number of aliphatic hydroxyl groups excluding tert-OH is 1. The van der Waals surface area contributed by atoms with E-state index in [1.165, 1.54) is 51.4 Å². The molecule has 310 valence electrons. The third-order valence-electron chi connectivity index (χ3n) is 8.95. The number of hydrogen-bond donors (Lipinski definition) is 1. The zero-order valence-corrected chi connectivity index (χ0v) is 33.5. The molecule has 0 amide bonds. The van der Waals surface area contributed by atoms with Crippen molar-refractivity contribution in [3.63, 3.8) is 0 Å². The molecule has 0 saturated carbocycles. The van der Waals surface area contributed by atoms with E-state index in [1.807, 2.05) is 0 Å². The molecule has 11 nitrogen and oxygen atoms in total. The summed E-state index contributed by atoms with van der Waals surface area (Å²) in [7, 11) is 0. The predicted octanol–water partition coefficient (Wildman–Crippen LogP) is 9.42. The Morgan fingerprint density at radius 1 is 0.302 bits per heavy atom. The Morgan fingerprint density at radius 3 is 0.755 bits per heavy atom. The predicted molar refractivity (Wildman–Crippen MR) is 206 cm³/mol. The fourth-order valence-corrected chi connectivity index (χ4v) is 5.63. The summed E-state index contributed by atoms with van der Waals surface area (Å²) in [6.07, 6.45) is 25.3. The van der Waals surface area contributed by atoms with Crippen molar-refractivity contribution < 1.29 is 52.8 Å². The van der Waals surface area contributed by atoms with Crippen LogP contribution in [0.3, 0.4) is 0 Å². The van der Waals surface area contributed by atoms with Crippen LogP contribution in [0.2, 0.25) is 0 Å². The minimum Gasteiger partial charge on any atom is -0.466 e. The SMILES string of the molecule is CCCCCCCCCCCCOC(=O)CCCCCOC(=O)CCCCCOC(=O)CCCCCOC(=O)CCCCCOC(=O)CCCCCO. The van der Waals surface area contributed by atoms with Gasteiger partial charge in [0.05, 0.1) is 33.0 Å². The van der Waals surface area contributed by atoms with Crippen LogP contribution in [0, 0.1) is 0 Å². The summed E-state index contributed by atoms with van der Waals surface area (Å²) in [5.74, 6) is -1.05. The molecule has 0 bridgehead atoms. The molecule has 0 saturated heterocycles. The van der Waals surface area contributed by atoms with E-state index in [0.717, 1.165) is 64.2 Å². The molecular formula is C42H76O11. The smallest absolute Gasteiger partial charge is 0.305 e. The molecule has 53 heavy (non-hydrogen) atoms. The highest BCUT2D eigenvalue weighted by atomic mass is 16.5. The minimum atomic E-state index is -0.240. The van der Waals surface area contributed by atoms with Crippen molar-refractivity contribution in [3.05, 3.63) is 0 Å². The van der Waals surface area contributed by atoms with Crippen LogP contribution in [0.4, 0.5) is 0 Å². The number of carbonyl (C=O) groups excluding carboxylic acids is 5. The van der Waals surface area contributed by atoms with Gasteiger partial charge in [0, 0.05) is 38.7 Å². The van der Waals surface area contributed by atoms with Crippen molar-refractivity contribution in [2.24, 2.45) is 0 Å². The summed E-state index contributed by atoms with van der Waals surface area (Å²) in [6, 6.07) is 0. The average molecular weight is 757 g/mol. The summed E-state index contributed by atoms with van der Waals surface area (Å²) in [6.45, 7) is 4.29. The van der Waals surface area contributed by atoms with Gasteiger partial charge in [0.1, 0.15) is 0 Å². The molecular weight excluding hydrogens is 680 g/mol. The van der Waals surface area contributed by atoms with Crippen LogP contribution < -0.4 is 0 Å². The Labute approximate surface area is 321 Å². The lowest BCUT2D eigenvalue weighted by Crippen LogP contribution is -2.08. The summed E-state index contributed by atoms with van der Waals surface area (Å²) < 4.78 is 26.3. The summed E-state index contributed by atoms with van der Waals surface area (Å²) >= 11 is 0. The van der Waals surface area contributed by atoms with E-state index in [2.05, 4.69) is 6.92 Å². The quantitative estimate of drug-likeness (QED) is 0.0362. The first kappa shape index (κ1) is 50.3. The van der Waals surface area contributed by atoms with Gasteiger partial charge in [-0.15, -0.1) is 0 Å². The summed E-state index contributed by atoms with van der Waals surface area (Å²) in [5.41, 5.74) is 0. The van der Waals surface area contributed by atoms with Crippen molar-refractivity contribution in [2.45, 2.75) is 200 Å². The first-order valence-electron chi connectivity index (χ1n) is 21.3. The van der Waals surface area contributed by atoms with E-state index in [4.69, 9.17) is 28.8 Å². The molecule has 0 aliphatic heterocycles. The highest BCUT2D eigenvalue weighted by Crippen LogP contribution is 2.12. The van der Waals surface area contributed by atoms with Crippen LogP contribution in [0.5, 0.6) is 0 Å². The largest absolute Gasteiger partial charge is 0.466 e. The monoisotopic (exact) mass is 757 g/mol. The Bertz CT molecular complexity index is 892. The third kappa shape index (κ3) is 40.3. The highest BCUT2D eigenvalue weighted by Gasteiger charge is 2.08. The number of unbranched alkanes of at least 4 members (excludes halogenated alkanes) is 19. The van der Waals surface area contributed by atoms with Gasteiger partial charge in [-0.3, -0.25) is 24.0 Å². The lowest BCUT2D eigenvalue weighted by Gasteiger charge is -2.07. The molecule has 1 N–H and O–H groups in total. The molecule has 0 aliphatic carbocycles. The van der Waals surface area contributed by atoms with Gasteiger partial charge in [-0.05, 0) is 96.3 Å². The van der Waals surface area contributed by atoms with Crippen LogP contribution in [0.1, 0.15) is 200 Å². The molecule has 0 radical (unpaired) electrons. The standard InChI is InChI=1S/C42H76O11/c1-2-3-4-5-6-7-8-9-10-22-33-49-39(45)28-17-12-24-35-51-41(47)30-19-14-26-37-53-42(48)31-20-15-25-36-52-40(46)29-18-13-23-34-50-38(44)27-16-11-21-32-43/h43H,2-37H2,1H3. The van der Waals surface area contributed by atoms with Gasteiger partial charge >= 0.3 is 29.8 Å². The van der Waals surface area contributed by atoms with Gasteiger partial charge in [-0.25, -0.2) is 0 Å². The van der Waals surface area contributed by atoms with E-state index in [0.29, 0.717) is 110 Å². The lowest BCUT2D eigenvalue weighted by molar-refractivity contribution is -0.145. The molecule has 0 fully saturated rings.